The number of pyridine rings is 2. The van der Waals surface area contributed by atoms with E-state index in [2.05, 4.69) is 20.3 Å². The lowest BCUT2D eigenvalue weighted by atomic mass is 10.2. The molecule has 5 nitrogen and oxygen atoms in total. The van der Waals surface area contributed by atoms with Gasteiger partial charge in [-0.2, -0.15) is 0 Å². The van der Waals surface area contributed by atoms with Gasteiger partial charge in [-0.25, -0.2) is 9.97 Å². The lowest BCUT2D eigenvalue weighted by Gasteiger charge is -2.06. The SMILES string of the molecule is Cn1cnc2c(NCc3ccncc3)nccc21. The van der Waals surface area contributed by atoms with Gasteiger partial charge in [0, 0.05) is 32.2 Å². The summed E-state index contributed by atoms with van der Waals surface area (Å²) in [6.07, 6.45) is 7.15. The fraction of sp³-hybridized carbons (Fsp3) is 0.154. The van der Waals surface area contributed by atoms with Crippen molar-refractivity contribution in [3.63, 3.8) is 0 Å². The number of aromatic nitrogens is 4. The lowest BCUT2D eigenvalue weighted by Crippen LogP contribution is -2.02. The van der Waals surface area contributed by atoms with E-state index in [9.17, 15) is 0 Å². The third kappa shape index (κ3) is 1.90. The normalized spacial score (nSPS) is 10.7. The van der Waals surface area contributed by atoms with Crippen LogP contribution in [0.5, 0.6) is 0 Å². The largest absolute Gasteiger partial charge is 0.364 e. The Bertz CT molecular complexity index is 659. The molecule has 5 heteroatoms. The molecule has 0 aliphatic rings. The Hall–Kier alpha value is -2.43. The van der Waals surface area contributed by atoms with Crippen LogP contribution in [-0.2, 0) is 13.6 Å². The molecular weight excluding hydrogens is 226 g/mol. The van der Waals surface area contributed by atoms with Crippen molar-refractivity contribution in [1.82, 2.24) is 19.5 Å². The third-order valence-electron chi connectivity index (χ3n) is 2.85. The van der Waals surface area contributed by atoms with Gasteiger partial charge in [0.15, 0.2) is 5.82 Å². The van der Waals surface area contributed by atoms with Crippen LogP contribution in [0.25, 0.3) is 11.0 Å². The molecule has 0 atom stereocenters. The van der Waals surface area contributed by atoms with Gasteiger partial charge in [0.25, 0.3) is 0 Å². The van der Waals surface area contributed by atoms with Gasteiger partial charge >= 0.3 is 0 Å². The summed E-state index contributed by atoms with van der Waals surface area (Å²) in [6.45, 7) is 0.713. The minimum atomic E-state index is 0.713. The molecule has 0 radical (unpaired) electrons. The predicted molar refractivity (Wildman–Crippen MR) is 70.1 cm³/mol. The van der Waals surface area contributed by atoms with Gasteiger partial charge in [0.05, 0.1) is 11.8 Å². The first kappa shape index (κ1) is 10.7. The molecule has 0 saturated carbocycles. The van der Waals surface area contributed by atoms with Crippen molar-refractivity contribution in [1.29, 1.82) is 0 Å². The van der Waals surface area contributed by atoms with Crippen LogP contribution in [0.15, 0.2) is 43.1 Å². The summed E-state index contributed by atoms with van der Waals surface area (Å²) in [7, 11) is 1.97. The smallest absolute Gasteiger partial charge is 0.154 e. The topological polar surface area (TPSA) is 55.6 Å². The van der Waals surface area contributed by atoms with Crippen LogP contribution in [0.4, 0.5) is 5.82 Å². The van der Waals surface area contributed by atoms with Crippen molar-refractivity contribution in [2.24, 2.45) is 7.05 Å². The molecule has 0 aliphatic heterocycles. The van der Waals surface area contributed by atoms with E-state index in [0.29, 0.717) is 6.54 Å². The second-order valence-electron chi connectivity index (χ2n) is 4.09. The molecule has 90 valence electrons. The molecule has 1 N–H and O–H groups in total. The zero-order chi connectivity index (χ0) is 12.4. The number of nitrogens with one attached hydrogen (secondary N) is 1. The first-order chi connectivity index (χ1) is 8.84. The summed E-state index contributed by atoms with van der Waals surface area (Å²) in [5, 5.41) is 3.30. The van der Waals surface area contributed by atoms with Gasteiger partial charge in [0.1, 0.15) is 5.52 Å². The predicted octanol–water partition coefficient (Wildman–Crippen LogP) is 1.98. The maximum Gasteiger partial charge on any atom is 0.154 e. The molecule has 18 heavy (non-hydrogen) atoms. The molecule has 0 unspecified atom stereocenters. The molecular formula is C13H13N5. The fourth-order valence-corrected chi connectivity index (χ4v) is 1.88. The van der Waals surface area contributed by atoms with E-state index < -0.39 is 0 Å². The number of imidazole rings is 1. The Labute approximate surface area is 105 Å². The van der Waals surface area contributed by atoms with Crippen molar-refractivity contribution in [2.45, 2.75) is 6.54 Å². The Morgan fingerprint density at radius 3 is 2.78 bits per heavy atom. The van der Waals surface area contributed by atoms with E-state index in [0.717, 1.165) is 16.9 Å². The molecule has 3 aromatic heterocycles. The number of anilines is 1. The molecule has 0 aliphatic carbocycles. The van der Waals surface area contributed by atoms with Gasteiger partial charge in [-0.1, -0.05) is 0 Å². The average Bonchev–Trinajstić information content (AvgIpc) is 2.80. The minimum absolute atomic E-state index is 0.713. The third-order valence-corrected chi connectivity index (χ3v) is 2.85. The second-order valence-corrected chi connectivity index (χ2v) is 4.09. The van der Waals surface area contributed by atoms with Crippen LogP contribution in [0.3, 0.4) is 0 Å². The molecule has 0 aromatic carbocycles. The van der Waals surface area contributed by atoms with Crippen molar-refractivity contribution in [3.8, 4) is 0 Å². The maximum atomic E-state index is 4.36. The average molecular weight is 239 g/mol. The standard InChI is InChI=1S/C13H13N5/c1-18-9-17-12-11(18)4-7-15-13(12)16-8-10-2-5-14-6-3-10/h2-7,9H,8H2,1H3,(H,15,16). The minimum Gasteiger partial charge on any atom is -0.364 e. The molecule has 0 bridgehead atoms. The Balaban J connectivity index is 1.87. The van der Waals surface area contributed by atoms with Crippen LogP contribution in [0, 0.1) is 0 Å². The summed E-state index contributed by atoms with van der Waals surface area (Å²) in [5.41, 5.74) is 3.14. The van der Waals surface area contributed by atoms with Crippen molar-refractivity contribution in [3.05, 3.63) is 48.7 Å². The number of fused-ring (bicyclic) bond motifs is 1. The zero-order valence-corrected chi connectivity index (χ0v) is 10.0. The van der Waals surface area contributed by atoms with Crippen molar-refractivity contribution >= 4 is 16.9 Å². The fourth-order valence-electron chi connectivity index (χ4n) is 1.88. The first-order valence-electron chi connectivity index (χ1n) is 5.73. The van der Waals surface area contributed by atoms with Gasteiger partial charge in [-0.05, 0) is 23.8 Å². The van der Waals surface area contributed by atoms with E-state index in [4.69, 9.17) is 0 Å². The van der Waals surface area contributed by atoms with E-state index in [1.807, 2.05) is 29.8 Å². The molecule has 0 amide bonds. The summed E-state index contributed by atoms with van der Waals surface area (Å²) >= 11 is 0. The van der Waals surface area contributed by atoms with Crippen LogP contribution < -0.4 is 5.32 Å². The first-order valence-corrected chi connectivity index (χ1v) is 5.73. The highest BCUT2D eigenvalue weighted by Gasteiger charge is 2.06. The van der Waals surface area contributed by atoms with E-state index in [1.165, 1.54) is 5.56 Å². The number of hydrogen-bond acceptors (Lipinski definition) is 4. The maximum absolute atomic E-state index is 4.36. The Morgan fingerprint density at radius 2 is 1.94 bits per heavy atom. The molecule has 3 aromatic rings. The van der Waals surface area contributed by atoms with E-state index in [-0.39, 0.29) is 0 Å². The summed E-state index contributed by atoms with van der Waals surface area (Å²) in [5.74, 6) is 0.810. The van der Waals surface area contributed by atoms with Crippen LogP contribution >= 0.6 is 0 Å². The summed E-state index contributed by atoms with van der Waals surface area (Å²) in [4.78, 5) is 12.7. The molecule has 0 saturated heterocycles. The molecule has 0 spiro atoms. The van der Waals surface area contributed by atoms with E-state index >= 15 is 0 Å². The molecule has 0 fully saturated rings. The van der Waals surface area contributed by atoms with Crippen LogP contribution in [-0.4, -0.2) is 19.5 Å². The Kier molecular flexibility index (Phi) is 2.64. The van der Waals surface area contributed by atoms with E-state index in [1.54, 1.807) is 24.9 Å². The highest BCUT2D eigenvalue weighted by atomic mass is 15.1. The van der Waals surface area contributed by atoms with Crippen molar-refractivity contribution < 1.29 is 0 Å². The highest BCUT2D eigenvalue weighted by molar-refractivity contribution is 5.85. The number of nitrogens with zero attached hydrogens (tertiary/aromatic N) is 4. The van der Waals surface area contributed by atoms with Gasteiger partial charge in [-0.15, -0.1) is 0 Å². The number of aryl methyl sites for hydroxylation is 1. The summed E-state index contributed by atoms with van der Waals surface area (Å²) < 4.78 is 1.98. The summed E-state index contributed by atoms with van der Waals surface area (Å²) in [6, 6.07) is 5.91. The quantitative estimate of drug-likeness (QED) is 0.759. The monoisotopic (exact) mass is 239 g/mol. The second kappa shape index (κ2) is 4.44. The lowest BCUT2D eigenvalue weighted by molar-refractivity contribution is 0.947. The number of hydrogen-bond donors (Lipinski definition) is 1. The Morgan fingerprint density at radius 1 is 1.11 bits per heavy atom. The van der Waals surface area contributed by atoms with Gasteiger partial charge in [0.2, 0.25) is 0 Å². The van der Waals surface area contributed by atoms with Crippen LogP contribution in [0.1, 0.15) is 5.56 Å². The number of rotatable bonds is 3. The molecule has 3 heterocycles. The van der Waals surface area contributed by atoms with Crippen molar-refractivity contribution in [2.75, 3.05) is 5.32 Å². The zero-order valence-electron chi connectivity index (χ0n) is 10.0. The molecule has 3 rings (SSSR count). The van der Waals surface area contributed by atoms with Crippen LogP contribution in [0.2, 0.25) is 0 Å². The highest BCUT2D eigenvalue weighted by Crippen LogP contribution is 2.18. The van der Waals surface area contributed by atoms with Gasteiger partial charge in [-0.3, -0.25) is 4.98 Å². The van der Waals surface area contributed by atoms with Gasteiger partial charge < -0.3 is 9.88 Å².